The average molecular weight is 277 g/mol. The Labute approximate surface area is 122 Å². The Balaban J connectivity index is 1.67. The minimum Gasteiger partial charge on any atom is -0.462 e. The number of rotatable bonds is 8. The van der Waals surface area contributed by atoms with E-state index in [9.17, 15) is 0 Å². The van der Waals surface area contributed by atoms with Crippen LogP contribution >= 0.6 is 0 Å². The number of hydrogen-bond donors (Lipinski definition) is 1. The van der Waals surface area contributed by atoms with Gasteiger partial charge in [-0.25, -0.2) is 0 Å². The van der Waals surface area contributed by atoms with E-state index >= 15 is 0 Å². The summed E-state index contributed by atoms with van der Waals surface area (Å²) in [5.41, 5.74) is 0. The van der Waals surface area contributed by atoms with E-state index in [1.165, 1.54) is 6.42 Å². The fraction of sp³-hybridized carbons (Fsp3) is 0.647. The first kappa shape index (κ1) is 15.3. The summed E-state index contributed by atoms with van der Waals surface area (Å²) in [4.78, 5) is 0. The lowest BCUT2D eigenvalue weighted by molar-refractivity contribution is 0.0577. The Hall–Kier alpha value is -1.06. The van der Waals surface area contributed by atoms with Crippen LogP contribution in [0.1, 0.15) is 44.6 Å². The minimum atomic E-state index is 0.584. The van der Waals surface area contributed by atoms with Crippen LogP contribution in [0.2, 0.25) is 0 Å². The van der Waals surface area contributed by atoms with Crippen molar-refractivity contribution in [2.75, 3.05) is 13.2 Å². The van der Waals surface area contributed by atoms with Crippen LogP contribution in [0.4, 0.5) is 0 Å². The highest BCUT2D eigenvalue weighted by Crippen LogP contribution is 2.25. The first-order chi connectivity index (χ1) is 9.79. The van der Waals surface area contributed by atoms with E-state index in [-0.39, 0.29) is 0 Å². The Bertz CT molecular complexity index is 411. The molecular weight excluding hydrogens is 250 g/mol. The summed E-state index contributed by atoms with van der Waals surface area (Å²) >= 11 is 0. The van der Waals surface area contributed by atoms with Gasteiger partial charge in [0.05, 0.1) is 13.2 Å². The highest BCUT2D eigenvalue weighted by atomic mass is 16.5. The quantitative estimate of drug-likeness (QED) is 0.578. The summed E-state index contributed by atoms with van der Waals surface area (Å²) in [6, 6.07) is 4.06. The molecule has 0 bridgehead atoms. The molecule has 0 fully saturated rings. The molecule has 1 aromatic rings. The molecule has 20 heavy (non-hydrogen) atoms. The molecular formula is C17H27NO2. The molecule has 1 aliphatic rings. The average Bonchev–Trinajstić information content (AvgIpc) is 2.89. The minimum absolute atomic E-state index is 0.584. The number of ether oxygens (including phenoxy) is 1. The predicted molar refractivity (Wildman–Crippen MR) is 81.4 cm³/mol. The second-order valence-corrected chi connectivity index (χ2v) is 5.74. The van der Waals surface area contributed by atoms with E-state index in [0.717, 1.165) is 50.0 Å². The molecule has 1 N–H and O–H groups in total. The molecule has 0 amide bonds. The number of furan rings is 1. The van der Waals surface area contributed by atoms with Crippen molar-refractivity contribution >= 4 is 0 Å². The summed E-state index contributed by atoms with van der Waals surface area (Å²) in [7, 11) is 0. The smallest absolute Gasteiger partial charge is 0.129 e. The third-order valence-electron chi connectivity index (χ3n) is 3.94. The standard InChI is InChI=1S/C17H27NO2/c1-3-10-18-11-16-8-9-17(20-16)13-19-12-15-7-5-4-6-14(15)2/h4-5,8-9,14-15,18H,3,6-7,10-13H2,1-2H3. The maximum Gasteiger partial charge on any atom is 0.129 e. The van der Waals surface area contributed by atoms with Gasteiger partial charge >= 0.3 is 0 Å². The first-order valence-electron chi connectivity index (χ1n) is 7.80. The van der Waals surface area contributed by atoms with E-state index in [4.69, 9.17) is 9.15 Å². The van der Waals surface area contributed by atoms with Crippen molar-refractivity contribution in [1.29, 1.82) is 0 Å². The van der Waals surface area contributed by atoms with E-state index in [0.29, 0.717) is 12.5 Å². The van der Waals surface area contributed by atoms with Crippen LogP contribution in [0.25, 0.3) is 0 Å². The van der Waals surface area contributed by atoms with Crippen LogP contribution in [-0.4, -0.2) is 13.2 Å². The van der Waals surface area contributed by atoms with Crippen molar-refractivity contribution < 1.29 is 9.15 Å². The molecule has 0 aromatic carbocycles. The zero-order valence-corrected chi connectivity index (χ0v) is 12.7. The zero-order chi connectivity index (χ0) is 14.2. The molecule has 3 nitrogen and oxygen atoms in total. The monoisotopic (exact) mass is 277 g/mol. The van der Waals surface area contributed by atoms with E-state index in [2.05, 4.69) is 31.3 Å². The molecule has 2 atom stereocenters. The lowest BCUT2D eigenvalue weighted by atomic mass is 9.85. The SMILES string of the molecule is CCCNCc1ccc(COCC2CC=CCC2C)o1. The van der Waals surface area contributed by atoms with Crippen LogP contribution < -0.4 is 5.32 Å². The molecule has 1 aliphatic carbocycles. The molecule has 112 valence electrons. The van der Waals surface area contributed by atoms with Gasteiger partial charge in [-0.2, -0.15) is 0 Å². The fourth-order valence-corrected chi connectivity index (χ4v) is 2.53. The third kappa shape index (κ3) is 4.80. The van der Waals surface area contributed by atoms with Gasteiger partial charge in [0.1, 0.15) is 18.1 Å². The van der Waals surface area contributed by atoms with Gasteiger partial charge in [0.25, 0.3) is 0 Å². The third-order valence-corrected chi connectivity index (χ3v) is 3.94. The van der Waals surface area contributed by atoms with Gasteiger partial charge in [-0.3, -0.25) is 0 Å². The van der Waals surface area contributed by atoms with E-state index < -0.39 is 0 Å². The lowest BCUT2D eigenvalue weighted by Crippen LogP contribution is -2.19. The molecule has 0 aliphatic heterocycles. The van der Waals surface area contributed by atoms with Crippen molar-refractivity contribution in [2.24, 2.45) is 11.8 Å². The van der Waals surface area contributed by atoms with Crippen molar-refractivity contribution in [3.8, 4) is 0 Å². The molecule has 0 spiro atoms. The van der Waals surface area contributed by atoms with Crippen LogP contribution in [0.3, 0.4) is 0 Å². The topological polar surface area (TPSA) is 34.4 Å². The van der Waals surface area contributed by atoms with Crippen LogP contribution in [0, 0.1) is 11.8 Å². The predicted octanol–water partition coefficient (Wildman–Crippen LogP) is 3.90. The molecule has 2 rings (SSSR count). The molecule has 2 unspecified atom stereocenters. The molecule has 0 saturated heterocycles. The van der Waals surface area contributed by atoms with E-state index in [1.54, 1.807) is 0 Å². The Morgan fingerprint density at radius 3 is 2.85 bits per heavy atom. The van der Waals surface area contributed by atoms with Crippen LogP contribution in [-0.2, 0) is 17.9 Å². The summed E-state index contributed by atoms with van der Waals surface area (Å²) in [5, 5.41) is 3.34. The van der Waals surface area contributed by atoms with Crippen LogP contribution in [0.5, 0.6) is 0 Å². The van der Waals surface area contributed by atoms with Gasteiger partial charge in [0.15, 0.2) is 0 Å². The van der Waals surface area contributed by atoms with Crippen molar-refractivity contribution in [2.45, 2.75) is 46.3 Å². The van der Waals surface area contributed by atoms with Crippen molar-refractivity contribution in [1.82, 2.24) is 5.32 Å². The summed E-state index contributed by atoms with van der Waals surface area (Å²) in [6.45, 7) is 7.71. The molecule has 1 aromatic heterocycles. The van der Waals surface area contributed by atoms with Gasteiger partial charge in [0, 0.05) is 0 Å². The zero-order valence-electron chi connectivity index (χ0n) is 12.7. The molecule has 3 heteroatoms. The van der Waals surface area contributed by atoms with Gasteiger partial charge in [-0.15, -0.1) is 0 Å². The summed E-state index contributed by atoms with van der Waals surface area (Å²) < 4.78 is 11.6. The highest BCUT2D eigenvalue weighted by Gasteiger charge is 2.18. The largest absolute Gasteiger partial charge is 0.462 e. The Morgan fingerprint density at radius 1 is 1.25 bits per heavy atom. The lowest BCUT2D eigenvalue weighted by Gasteiger charge is -2.24. The molecule has 1 heterocycles. The summed E-state index contributed by atoms with van der Waals surface area (Å²) in [5.74, 6) is 3.30. The van der Waals surface area contributed by atoms with Gasteiger partial charge < -0.3 is 14.5 Å². The second-order valence-electron chi connectivity index (χ2n) is 5.74. The van der Waals surface area contributed by atoms with E-state index in [1.807, 2.05) is 12.1 Å². The van der Waals surface area contributed by atoms with Gasteiger partial charge in [0.2, 0.25) is 0 Å². The van der Waals surface area contributed by atoms with Crippen molar-refractivity contribution in [3.05, 3.63) is 35.8 Å². The van der Waals surface area contributed by atoms with Gasteiger partial charge in [-0.05, 0) is 49.8 Å². The maximum absolute atomic E-state index is 5.82. The fourth-order valence-electron chi connectivity index (χ4n) is 2.53. The summed E-state index contributed by atoms with van der Waals surface area (Å²) in [6.07, 6.45) is 8.03. The van der Waals surface area contributed by atoms with Crippen molar-refractivity contribution in [3.63, 3.8) is 0 Å². The normalized spacial score (nSPS) is 22.3. The maximum atomic E-state index is 5.82. The number of nitrogens with one attached hydrogen (secondary N) is 1. The second kappa shape index (κ2) is 8.28. The number of hydrogen-bond acceptors (Lipinski definition) is 3. The van der Waals surface area contributed by atoms with Crippen LogP contribution in [0.15, 0.2) is 28.7 Å². The first-order valence-corrected chi connectivity index (χ1v) is 7.80. The Kier molecular flexibility index (Phi) is 6.34. The van der Waals surface area contributed by atoms with Gasteiger partial charge in [-0.1, -0.05) is 26.0 Å². The molecule has 0 radical (unpaired) electrons. The molecule has 0 saturated carbocycles. The Morgan fingerprint density at radius 2 is 2.05 bits per heavy atom. The highest BCUT2D eigenvalue weighted by molar-refractivity contribution is 5.06. The number of allylic oxidation sites excluding steroid dienone is 2.